The highest BCUT2D eigenvalue weighted by molar-refractivity contribution is 7.16. The molecule has 0 aliphatic carbocycles. The van der Waals surface area contributed by atoms with E-state index in [0.29, 0.717) is 17.1 Å². The average molecular weight is 264 g/mol. The Balaban J connectivity index is 2.22. The van der Waals surface area contributed by atoms with Crippen molar-refractivity contribution in [2.45, 2.75) is 0 Å². The molecule has 5 nitrogen and oxygen atoms in total. The molecule has 2 aromatic rings. The molecule has 0 radical (unpaired) electrons. The summed E-state index contributed by atoms with van der Waals surface area (Å²) in [5, 5.41) is 18.2. The number of benzene rings is 1. The van der Waals surface area contributed by atoms with Gasteiger partial charge in [-0.05, 0) is 12.1 Å². The molecule has 92 valence electrons. The summed E-state index contributed by atoms with van der Waals surface area (Å²) >= 11 is 0.671. The van der Waals surface area contributed by atoms with E-state index in [0.717, 1.165) is 6.07 Å². The number of para-hydroxylation sites is 1. The molecule has 18 heavy (non-hydrogen) atoms. The van der Waals surface area contributed by atoms with Gasteiger partial charge >= 0.3 is 11.9 Å². The van der Waals surface area contributed by atoms with Crippen LogP contribution in [0.25, 0.3) is 0 Å². The molecule has 0 saturated carbocycles. The average Bonchev–Trinajstić information content (AvgIpc) is 2.73. The lowest BCUT2D eigenvalue weighted by Crippen LogP contribution is -2.06. The van der Waals surface area contributed by atoms with Crippen LogP contribution in [0.3, 0.4) is 0 Å². The van der Waals surface area contributed by atoms with E-state index in [-0.39, 0.29) is 9.75 Å². The van der Waals surface area contributed by atoms with Gasteiger partial charge in [0.25, 0.3) is 0 Å². The molecule has 0 atom stereocenters. The van der Waals surface area contributed by atoms with Crippen LogP contribution in [0.5, 0.6) is 11.5 Å². The number of carbonyl (C=O) groups excluding carboxylic acids is 1. The van der Waals surface area contributed by atoms with Gasteiger partial charge in [-0.3, -0.25) is 0 Å². The second kappa shape index (κ2) is 4.89. The number of hydrogen-bond donors (Lipinski definition) is 2. The van der Waals surface area contributed by atoms with Crippen LogP contribution in [0.1, 0.15) is 19.3 Å². The summed E-state index contributed by atoms with van der Waals surface area (Å²) in [5.41, 5.74) is 0. The SMILES string of the molecule is O=C(O)c1cc(O)c(C(=O)Oc2ccccc2)s1. The zero-order chi connectivity index (χ0) is 13.1. The Morgan fingerprint density at radius 1 is 1.17 bits per heavy atom. The first-order valence-electron chi connectivity index (χ1n) is 4.91. The fourth-order valence-electron chi connectivity index (χ4n) is 1.27. The van der Waals surface area contributed by atoms with E-state index in [1.165, 1.54) is 0 Å². The quantitative estimate of drug-likeness (QED) is 0.656. The predicted octanol–water partition coefficient (Wildman–Crippen LogP) is 2.37. The molecule has 0 spiro atoms. The van der Waals surface area contributed by atoms with E-state index in [9.17, 15) is 14.7 Å². The van der Waals surface area contributed by atoms with Crippen molar-refractivity contribution in [2.24, 2.45) is 0 Å². The van der Waals surface area contributed by atoms with Gasteiger partial charge in [0.1, 0.15) is 16.4 Å². The summed E-state index contributed by atoms with van der Waals surface area (Å²) in [5.74, 6) is -2.05. The molecular weight excluding hydrogens is 256 g/mol. The number of thiophene rings is 1. The Labute approximate surface area is 106 Å². The summed E-state index contributed by atoms with van der Waals surface area (Å²) in [7, 11) is 0. The molecule has 0 aliphatic heterocycles. The Morgan fingerprint density at radius 2 is 1.83 bits per heavy atom. The Kier molecular flexibility index (Phi) is 3.29. The second-order valence-electron chi connectivity index (χ2n) is 3.33. The summed E-state index contributed by atoms with van der Waals surface area (Å²) < 4.78 is 4.99. The van der Waals surface area contributed by atoms with Gasteiger partial charge in [0, 0.05) is 6.07 Å². The minimum Gasteiger partial charge on any atom is -0.506 e. The maximum absolute atomic E-state index is 11.7. The smallest absolute Gasteiger partial charge is 0.357 e. The minimum absolute atomic E-state index is 0.118. The molecule has 1 heterocycles. The van der Waals surface area contributed by atoms with Crippen molar-refractivity contribution in [1.29, 1.82) is 0 Å². The van der Waals surface area contributed by atoms with Crippen molar-refractivity contribution in [3.8, 4) is 11.5 Å². The third kappa shape index (κ3) is 2.49. The second-order valence-corrected chi connectivity index (χ2v) is 4.38. The fraction of sp³-hybridized carbons (Fsp3) is 0. The topological polar surface area (TPSA) is 83.8 Å². The van der Waals surface area contributed by atoms with Gasteiger partial charge in [-0.25, -0.2) is 9.59 Å². The fourth-order valence-corrected chi connectivity index (χ4v) is 2.04. The van der Waals surface area contributed by atoms with E-state index >= 15 is 0 Å². The third-order valence-electron chi connectivity index (χ3n) is 2.06. The van der Waals surface area contributed by atoms with Crippen LogP contribution in [-0.2, 0) is 0 Å². The first-order chi connectivity index (χ1) is 8.58. The first kappa shape index (κ1) is 12.1. The highest BCUT2D eigenvalue weighted by Gasteiger charge is 2.20. The van der Waals surface area contributed by atoms with Crippen LogP contribution in [0.4, 0.5) is 0 Å². The summed E-state index contributed by atoms with van der Waals surface area (Å²) in [4.78, 5) is 22.2. The molecule has 1 aromatic heterocycles. The van der Waals surface area contributed by atoms with Crippen LogP contribution >= 0.6 is 11.3 Å². The molecular formula is C12H8O5S. The van der Waals surface area contributed by atoms with Crippen LogP contribution in [0, 0.1) is 0 Å². The number of carboxylic acid groups (broad SMARTS) is 1. The number of hydrogen-bond acceptors (Lipinski definition) is 5. The van der Waals surface area contributed by atoms with Gasteiger partial charge in [-0.15, -0.1) is 11.3 Å². The number of rotatable bonds is 3. The first-order valence-corrected chi connectivity index (χ1v) is 5.73. The Bertz CT molecular complexity index is 588. The number of esters is 1. The van der Waals surface area contributed by atoms with Gasteiger partial charge < -0.3 is 14.9 Å². The zero-order valence-electron chi connectivity index (χ0n) is 8.99. The summed E-state index contributed by atoms with van der Waals surface area (Å²) in [6.45, 7) is 0. The Morgan fingerprint density at radius 3 is 2.39 bits per heavy atom. The van der Waals surface area contributed by atoms with Crippen LogP contribution in [-0.4, -0.2) is 22.2 Å². The molecule has 0 amide bonds. The zero-order valence-corrected chi connectivity index (χ0v) is 9.81. The molecule has 0 saturated heterocycles. The lowest BCUT2D eigenvalue weighted by atomic mass is 10.3. The standard InChI is InChI=1S/C12H8O5S/c13-8-6-9(11(14)15)18-10(8)12(16)17-7-4-2-1-3-5-7/h1-6,13H,(H,14,15). The van der Waals surface area contributed by atoms with Crippen LogP contribution in [0.2, 0.25) is 0 Å². The number of ether oxygens (including phenoxy) is 1. The van der Waals surface area contributed by atoms with Crippen molar-refractivity contribution in [3.63, 3.8) is 0 Å². The van der Waals surface area contributed by atoms with E-state index < -0.39 is 17.7 Å². The predicted molar refractivity (Wildman–Crippen MR) is 64.3 cm³/mol. The largest absolute Gasteiger partial charge is 0.506 e. The van der Waals surface area contributed by atoms with Gasteiger partial charge in [0.2, 0.25) is 0 Å². The lowest BCUT2D eigenvalue weighted by molar-refractivity contribution is 0.0699. The molecule has 1 aromatic carbocycles. The number of aromatic hydroxyl groups is 1. The highest BCUT2D eigenvalue weighted by Crippen LogP contribution is 2.29. The number of aromatic carboxylic acids is 1. The van der Waals surface area contributed by atoms with Gasteiger partial charge in [-0.1, -0.05) is 18.2 Å². The van der Waals surface area contributed by atoms with E-state index in [1.54, 1.807) is 30.3 Å². The molecule has 2 N–H and O–H groups in total. The van der Waals surface area contributed by atoms with Crippen molar-refractivity contribution in [3.05, 3.63) is 46.2 Å². The van der Waals surface area contributed by atoms with Crippen molar-refractivity contribution >= 4 is 23.3 Å². The number of carboxylic acids is 1. The molecule has 0 aliphatic rings. The normalized spacial score (nSPS) is 10.0. The van der Waals surface area contributed by atoms with Crippen molar-refractivity contribution in [2.75, 3.05) is 0 Å². The highest BCUT2D eigenvalue weighted by atomic mass is 32.1. The van der Waals surface area contributed by atoms with Gasteiger partial charge in [-0.2, -0.15) is 0 Å². The number of carbonyl (C=O) groups is 2. The van der Waals surface area contributed by atoms with Crippen LogP contribution < -0.4 is 4.74 Å². The maximum Gasteiger partial charge on any atom is 0.357 e. The lowest BCUT2D eigenvalue weighted by Gasteiger charge is -2.01. The molecule has 0 fully saturated rings. The monoisotopic (exact) mass is 264 g/mol. The van der Waals surface area contributed by atoms with Gasteiger partial charge in [0.05, 0.1) is 0 Å². The third-order valence-corrected chi connectivity index (χ3v) is 3.15. The van der Waals surface area contributed by atoms with E-state index in [4.69, 9.17) is 9.84 Å². The van der Waals surface area contributed by atoms with Crippen LogP contribution in [0.15, 0.2) is 36.4 Å². The minimum atomic E-state index is -1.20. The van der Waals surface area contributed by atoms with E-state index in [1.807, 2.05) is 0 Å². The summed E-state index contributed by atoms with van der Waals surface area (Å²) in [6, 6.07) is 9.34. The molecule has 0 unspecified atom stereocenters. The molecule has 6 heteroatoms. The summed E-state index contributed by atoms with van der Waals surface area (Å²) in [6.07, 6.45) is 0. The van der Waals surface area contributed by atoms with Gasteiger partial charge in [0.15, 0.2) is 4.88 Å². The Hall–Kier alpha value is -2.34. The van der Waals surface area contributed by atoms with E-state index in [2.05, 4.69) is 0 Å². The van der Waals surface area contributed by atoms with Crippen molar-refractivity contribution in [1.82, 2.24) is 0 Å². The molecule has 0 bridgehead atoms. The van der Waals surface area contributed by atoms with Crippen molar-refractivity contribution < 1.29 is 24.5 Å². The molecule has 2 rings (SSSR count). The maximum atomic E-state index is 11.7.